The van der Waals surface area contributed by atoms with Crippen LogP contribution < -0.4 is 0 Å². The third-order valence-corrected chi connectivity index (χ3v) is 5.89. The average molecular weight is 363 g/mol. The fourth-order valence-electron chi connectivity index (χ4n) is 4.21. The quantitative estimate of drug-likeness (QED) is 0.807. The van der Waals surface area contributed by atoms with Crippen LogP contribution in [0.1, 0.15) is 29.6 Å². The van der Waals surface area contributed by atoms with E-state index in [9.17, 15) is 9.18 Å². The number of hydrogen-bond donors (Lipinski definition) is 0. The topological polar surface area (TPSA) is 48.0 Å². The van der Waals surface area contributed by atoms with Gasteiger partial charge in [0.05, 0.1) is 19.7 Å². The summed E-state index contributed by atoms with van der Waals surface area (Å²) >= 11 is 0. The molecule has 4 rings (SSSR count). The first kappa shape index (κ1) is 17.9. The molecule has 3 fully saturated rings. The highest BCUT2D eigenvalue weighted by atomic mass is 19.1. The number of benzene rings is 1. The van der Waals surface area contributed by atoms with Crippen LogP contribution in [0.15, 0.2) is 24.3 Å². The van der Waals surface area contributed by atoms with Gasteiger partial charge in [-0.05, 0) is 43.4 Å². The second kappa shape index (κ2) is 7.62. The van der Waals surface area contributed by atoms with Crippen molar-refractivity contribution in [3.63, 3.8) is 0 Å². The van der Waals surface area contributed by atoms with Crippen molar-refractivity contribution in [2.24, 2.45) is 11.8 Å². The molecule has 3 saturated heterocycles. The first-order chi connectivity index (χ1) is 12.7. The van der Waals surface area contributed by atoms with E-state index in [1.54, 1.807) is 17.0 Å². The van der Waals surface area contributed by atoms with Crippen LogP contribution in [0.2, 0.25) is 0 Å². The highest BCUT2D eigenvalue weighted by Gasteiger charge is 2.54. The lowest BCUT2D eigenvalue weighted by Crippen LogP contribution is -2.66. The molecule has 0 bridgehead atoms. The van der Waals surface area contributed by atoms with Crippen molar-refractivity contribution in [2.45, 2.75) is 24.9 Å². The summed E-state index contributed by atoms with van der Waals surface area (Å²) in [5.74, 6) is 0.392. The molecule has 1 spiro atoms. The largest absolute Gasteiger partial charge is 0.381 e. The van der Waals surface area contributed by atoms with Gasteiger partial charge >= 0.3 is 0 Å². The van der Waals surface area contributed by atoms with Gasteiger partial charge in [-0.3, -0.25) is 4.79 Å². The SMILES string of the molecule is O=C(c1cccc(F)c1)N1CC2(C1)OCCC2COCC1CCOCC1. The minimum atomic E-state index is -0.386. The van der Waals surface area contributed by atoms with Crippen LogP contribution in [0.3, 0.4) is 0 Å². The van der Waals surface area contributed by atoms with E-state index in [1.165, 1.54) is 12.1 Å². The second-order valence-electron chi connectivity index (χ2n) is 7.66. The number of halogens is 1. The molecule has 1 amide bonds. The van der Waals surface area contributed by atoms with E-state index in [4.69, 9.17) is 14.2 Å². The van der Waals surface area contributed by atoms with Crippen LogP contribution in [0.25, 0.3) is 0 Å². The Morgan fingerprint density at radius 3 is 2.77 bits per heavy atom. The summed E-state index contributed by atoms with van der Waals surface area (Å²) in [6.07, 6.45) is 3.11. The van der Waals surface area contributed by atoms with Gasteiger partial charge in [-0.25, -0.2) is 4.39 Å². The van der Waals surface area contributed by atoms with Gasteiger partial charge in [0, 0.05) is 37.9 Å². The van der Waals surface area contributed by atoms with Crippen molar-refractivity contribution in [1.82, 2.24) is 4.90 Å². The van der Waals surface area contributed by atoms with Crippen LogP contribution in [0, 0.1) is 17.7 Å². The van der Waals surface area contributed by atoms with Crippen molar-refractivity contribution in [3.8, 4) is 0 Å². The van der Waals surface area contributed by atoms with Gasteiger partial charge in [-0.15, -0.1) is 0 Å². The molecule has 1 atom stereocenters. The lowest BCUT2D eigenvalue weighted by molar-refractivity contribution is -0.129. The van der Waals surface area contributed by atoms with Crippen molar-refractivity contribution in [3.05, 3.63) is 35.6 Å². The van der Waals surface area contributed by atoms with Gasteiger partial charge < -0.3 is 19.1 Å². The molecule has 0 radical (unpaired) electrons. The summed E-state index contributed by atoms with van der Waals surface area (Å²) in [6, 6.07) is 5.86. The Hall–Kier alpha value is -1.50. The van der Waals surface area contributed by atoms with E-state index >= 15 is 0 Å². The average Bonchev–Trinajstić information content (AvgIpc) is 3.05. The zero-order valence-electron chi connectivity index (χ0n) is 15.0. The predicted molar refractivity (Wildman–Crippen MR) is 93.5 cm³/mol. The number of ether oxygens (including phenoxy) is 3. The summed E-state index contributed by atoms with van der Waals surface area (Å²) in [4.78, 5) is 14.2. The van der Waals surface area contributed by atoms with Gasteiger partial charge in [0.25, 0.3) is 5.91 Å². The van der Waals surface area contributed by atoms with Crippen LogP contribution >= 0.6 is 0 Å². The molecule has 0 aromatic heterocycles. The van der Waals surface area contributed by atoms with Gasteiger partial charge in [-0.2, -0.15) is 0 Å². The minimum Gasteiger partial charge on any atom is -0.381 e. The zero-order valence-corrected chi connectivity index (χ0v) is 15.0. The van der Waals surface area contributed by atoms with Crippen molar-refractivity contribution in [1.29, 1.82) is 0 Å². The molecule has 0 aliphatic carbocycles. The normalized spacial score (nSPS) is 25.4. The first-order valence-electron chi connectivity index (χ1n) is 9.51. The molecule has 0 N–H and O–H groups in total. The Kier molecular flexibility index (Phi) is 5.25. The number of amides is 1. The highest BCUT2D eigenvalue weighted by molar-refractivity contribution is 5.95. The minimum absolute atomic E-state index is 0.132. The highest BCUT2D eigenvalue weighted by Crippen LogP contribution is 2.40. The summed E-state index contributed by atoms with van der Waals surface area (Å²) in [5.41, 5.74) is 0.115. The Morgan fingerprint density at radius 2 is 2.00 bits per heavy atom. The molecule has 3 aliphatic rings. The van der Waals surface area contributed by atoms with E-state index in [1.807, 2.05) is 0 Å². The van der Waals surface area contributed by atoms with Crippen LogP contribution in [0.5, 0.6) is 0 Å². The summed E-state index contributed by atoms with van der Waals surface area (Å²) in [7, 11) is 0. The maximum Gasteiger partial charge on any atom is 0.254 e. The molecule has 1 aromatic rings. The fraction of sp³-hybridized carbons (Fsp3) is 0.650. The van der Waals surface area contributed by atoms with Crippen molar-refractivity contribution in [2.75, 3.05) is 46.1 Å². The molecule has 5 nitrogen and oxygen atoms in total. The lowest BCUT2D eigenvalue weighted by atomic mass is 9.81. The molecule has 0 saturated carbocycles. The van der Waals surface area contributed by atoms with E-state index < -0.39 is 0 Å². The summed E-state index contributed by atoms with van der Waals surface area (Å²) in [6.45, 7) is 4.97. The predicted octanol–water partition coefficient (Wildman–Crippen LogP) is 2.50. The number of nitrogens with zero attached hydrogens (tertiary/aromatic N) is 1. The number of hydrogen-bond acceptors (Lipinski definition) is 4. The molecule has 3 heterocycles. The molecule has 142 valence electrons. The van der Waals surface area contributed by atoms with E-state index in [0.29, 0.717) is 43.7 Å². The Morgan fingerprint density at radius 1 is 1.19 bits per heavy atom. The Balaban J connectivity index is 1.28. The molecule has 1 unspecified atom stereocenters. The van der Waals surface area contributed by atoms with E-state index in [2.05, 4.69) is 0 Å². The second-order valence-corrected chi connectivity index (χ2v) is 7.66. The lowest BCUT2D eigenvalue weighted by Gasteiger charge is -2.50. The van der Waals surface area contributed by atoms with Crippen LogP contribution in [-0.2, 0) is 14.2 Å². The van der Waals surface area contributed by atoms with Gasteiger partial charge in [-0.1, -0.05) is 6.07 Å². The summed E-state index contributed by atoms with van der Waals surface area (Å²) in [5, 5.41) is 0. The van der Waals surface area contributed by atoms with Gasteiger partial charge in [0.15, 0.2) is 0 Å². The molecule has 3 aliphatic heterocycles. The van der Waals surface area contributed by atoms with E-state index in [-0.39, 0.29) is 17.3 Å². The third-order valence-electron chi connectivity index (χ3n) is 5.89. The fourth-order valence-corrected chi connectivity index (χ4v) is 4.21. The maximum absolute atomic E-state index is 13.3. The van der Waals surface area contributed by atoms with Gasteiger partial charge in [0.1, 0.15) is 11.4 Å². The Labute approximate surface area is 153 Å². The molecular formula is C20H26FNO4. The van der Waals surface area contributed by atoms with Crippen LogP contribution in [-0.4, -0.2) is 62.5 Å². The number of carbonyl (C=O) groups is 1. The van der Waals surface area contributed by atoms with Crippen molar-refractivity contribution < 1.29 is 23.4 Å². The Bertz CT molecular complexity index is 640. The number of rotatable bonds is 5. The molecule has 6 heteroatoms. The number of likely N-dealkylation sites (tertiary alicyclic amines) is 1. The smallest absolute Gasteiger partial charge is 0.254 e. The third kappa shape index (κ3) is 3.63. The first-order valence-corrected chi connectivity index (χ1v) is 9.51. The number of carbonyl (C=O) groups excluding carboxylic acids is 1. The maximum atomic E-state index is 13.3. The standard InChI is InChI=1S/C20H26FNO4/c21-18-3-1-2-16(10-18)19(23)22-13-20(14-22)17(6-9-26-20)12-25-11-15-4-7-24-8-5-15/h1-3,10,15,17H,4-9,11-14H2. The van der Waals surface area contributed by atoms with E-state index in [0.717, 1.165) is 39.1 Å². The van der Waals surface area contributed by atoms with Gasteiger partial charge in [0.2, 0.25) is 0 Å². The summed E-state index contributed by atoms with van der Waals surface area (Å²) < 4.78 is 30.7. The molecule has 26 heavy (non-hydrogen) atoms. The van der Waals surface area contributed by atoms with Crippen molar-refractivity contribution >= 4 is 5.91 Å². The zero-order chi connectivity index (χ0) is 18.0. The molecule has 1 aromatic carbocycles. The molecular weight excluding hydrogens is 337 g/mol. The monoisotopic (exact) mass is 363 g/mol. The van der Waals surface area contributed by atoms with Crippen LogP contribution in [0.4, 0.5) is 4.39 Å².